The molecule has 0 aromatic heterocycles. The number of halogens is 4. The second-order valence-corrected chi connectivity index (χ2v) is 5.50. The van der Waals surface area contributed by atoms with Crippen molar-refractivity contribution < 1.29 is 22.6 Å². The Morgan fingerprint density at radius 3 is 2.29 bits per heavy atom. The van der Waals surface area contributed by atoms with Crippen molar-refractivity contribution in [3.8, 4) is 11.5 Å². The van der Waals surface area contributed by atoms with E-state index in [1.54, 1.807) is 38.2 Å². The smallest absolute Gasteiger partial charge is 0.387 e. The van der Waals surface area contributed by atoms with Crippen LogP contribution in [0.2, 0.25) is 0 Å². The van der Waals surface area contributed by atoms with E-state index in [0.717, 1.165) is 11.1 Å². The first-order valence-electron chi connectivity index (χ1n) is 8.41. The number of alkyl halides is 2. The van der Waals surface area contributed by atoms with Crippen molar-refractivity contribution in [2.24, 2.45) is 4.99 Å². The third-order valence-corrected chi connectivity index (χ3v) is 3.56. The van der Waals surface area contributed by atoms with Crippen molar-refractivity contribution in [3.05, 3.63) is 59.4 Å². The van der Waals surface area contributed by atoms with Crippen LogP contribution in [-0.4, -0.2) is 26.2 Å². The van der Waals surface area contributed by atoms with Crippen LogP contribution in [0.25, 0.3) is 0 Å². The number of ether oxygens (including phenoxy) is 2. The minimum absolute atomic E-state index is 0. The molecule has 0 radical (unpaired) electrons. The molecule has 2 aromatic carbocycles. The van der Waals surface area contributed by atoms with Crippen LogP contribution in [0.5, 0.6) is 11.5 Å². The van der Waals surface area contributed by atoms with Gasteiger partial charge in [-0.15, -0.1) is 24.0 Å². The Morgan fingerprint density at radius 2 is 1.71 bits per heavy atom. The molecule has 5 nitrogen and oxygen atoms in total. The highest BCUT2D eigenvalue weighted by Gasteiger charge is 2.11. The van der Waals surface area contributed by atoms with E-state index in [4.69, 9.17) is 4.74 Å². The molecule has 0 amide bonds. The summed E-state index contributed by atoms with van der Waals surface area (Å²) in [6.07, 6.45) is 0. The third-order valence-electron chi connectivity index (χ3n) is 3.56. The van der Waals surface area contributed by atoms with Gasteiger partial charge in [0.25, 0.3) is 0 Å². The molecule has 0 heterocycles. The Balaban J connectivity index is 0.00000392. The van der Waals surface area contributed by atoms with Crippen LogP contribution in [0.3, 0.4) is 0 Å². The molecule has 0 spiro atoms. The number of benzene rings is 2. The van der Waals surface area contributed by atoms with Crippen LogP contribution < -0.4 is 20.1 Å². The maximum absolute atomic E-state index is 13.2. The highest BCUT2D eigenvalue weighted by Crippen LogP contribution is 2.29. The van der Waals surface area contributed by atoms with Crippen molar-refractivity contribution >= 4 is 29.9 Å². The average Bonchev–Trinajstić information content (AvgIpc) is 2.63. The van der Waals surface area contributed by atoms with Crippen molar-refractivity contribution in [1.82, 2.24) is 10.6 Å². The second kappa shape index (κ2) is 12.3. The molecule has 2 N–H and O–H groups in total. The molecule has 28 heavy (non-hydrogen) atoms. The molecule has 0 bridgehead atoms. The van der Waals surface area contributed by atoms with Crippen LogP contribution in [-0.2, 0) is 13.1 Å². The standard InChI is InChI=1S/C19H22F3N3O2.HI/c1-3-26-17-10-14(7-8-16(17)27-18(21)22)12-25-19(23-2)24-11-13-5-4-6-15(20)9-13;/h4-10,18H,3,11-12H2,1-2H3,(H2,23,24,25);1H. The SMILES string of the molecule is CCOc1cc(CNC(=NC)NCc2cccc(F)c2)ccc1OC(F)F.I. The molecule has 2 aromatic rings. The van der Waals surface area contributed by atoms with E-state index in [9.17, 15) is 13.2 Å². The van der Waals surface area contributed by atoms with Crippen molar-refractivity contribution in [3.63, 3.8) is 0 Å². The zero-order valence-corrected chi connectivity index (χ0v) is 17.9. The molecule has 0 fully saturated rings. The van der Waals surface area contributed by atoms with Crippen molar-refractivity contribution in [1.29, 1.82) is 0 Å². The topological polar surface area (TPSA) is 54.9 Å². The van der Waals surface area contributed by atoms with Gasteiger partial charge in [-0.3, -0.25) is 4.99 Å². The summed E-state index contributed by atoms with van der Waals surface area (Å²) in [6.45, 7) is -0.0393. The Morgan fingerprint density at radius 1 is 1.04 bits per heavy atom. The Kier molecular flexibility index (Phi) is 10.5. The number of aliphatic imine (C=N–C) groups is 1. The van der Waals surface area contributed by atoms with Gasteiger partial charge in [0.05, 0.1) is 6.61 Å². The first-order chi connectivity index (χ1) is 13.0. The number of nitrogens with one attached hydrogen (secondary N) is 2. The quantitative estimate of drug-likeness (QED) is 0.317. The van der Waals surface area contributed by atoms with E-state index in [1.165, 1.54) is 18.2 Å². The van der Waals surface area contributed by atoms with Gasteiger partial charge in [-0.05, 0) is 42.3 Å². The molecule has 2 rings (SSSR count). The van der Waals surface area contributed by atoms with Crippen LogP contribution in [0.4, 0.5) is 13.2 Å². The second-order valence-electron chi connectivity index (χ2n) is 5.50. The minimum atomic E-state index is -2.92. The number of hydrogen-bond donors (Lipinski definition) is 2. The molecule has 0 saturated heterocycles. The predicted molar refractivity (Wildman–Crippen MR) is 113 cm³/mol. The number of guanidine groups is 1. The predicted octanol–water partition coefficient (Wildman–Crippen LogP) is 4.31. The molecular formula is C19H23F3IN3O2. The summed E-state index contributed by atoms with van der Waals surface area (Å²) in [5.74, 6) is 0.459. The third kappa shape index (κ3) is 7.83. The molecule has 0 atom stereocenters. The van der Waals surface area contributed by atoms with Crippen LogP contribution in [0.1, 0.15) is 18.1 Å². The molecule has 0 aliphatic rings. The molecule has 9 heteroatoms. The maximum atomic E-state index is 13.2. The van der Waals surface area contributed by atoms with Gasteiger partial charge in [-0.2, -0.15) is 8.78 Å². The first kappa shape index (κ1) is 23.9. The zero-order valence-electron chi connectivity index (χ0n) is 15.5. The van der Waals surface area contributed by atoms with Crippen LogP contribution in [0.15, 0.2) is 47.5 Å². The fourth-order valence-electron chi connectivity index (χ4n) is 2.36. The minimum Gasteiger partial charge on any atom is -0.490 e. The van der Waals surface area contributed by atoms with Gasteiger partial charge in [0, 0.05) is 20.1 Å². The largest absolute Gasteiger partial charge is 0.490 e. The molecule has 0 unspecified atom stereocenters. The van der Waals surface area contributed by atoms with Gasteiger partial charge in [0.2, 0.25) is 0 Å². The molecule has 0 aliphatic carbocycles. The lowest BCUT2D eigenvalue weighted by Gasteiger charge is -2.15. The van der Waals surface area contributed by atoms with Gasteiger partial charge in [0.15, 0.2) is 17.5 Å². The molecular weight excluding hydrogens is 486 g/mol. The van der Waals surface area contributed by atoms with Crippen molar-refractivity contribution in [2.45, 2.75) is 26.6 Å². The Hall–Kier alpha value is -2.17. The highest BCUT2D eigenvalue weighted by molar-refractivity contribution is 14.0. The van der Waals surface area contributed by atoms with Crippen LogP contribution in [0, 0.1) is 5.82 Å². The fraction of sp³-hybridized carbons (Fsp3) is 0.316. The van der Waals surface area contributed by atoms with Gasteiger partial charge < -0.3 is 20.1 Å². The summed E-state index contributed by atoms with van der Waals surface area (Å²) in [5.41, 5.74) is 1.58. The number of hydrogen-bond acceptors (Lipinski definition) is 3. The van der Waals surface area contributed by atoms with E-state index in [-0.39, 0.29) is 41.3 Å². The summed E-state index contributed by atoms with van der Waals surface area (Å²) in [7, 11) is 1.62. The van der Waals surface area contributed by atoms with E-state index in [2.05, 4.69) is 20.4 Å². The monoisotopic (exact) mass is 509 g/mol. The summed E-state index contributed by atoms with van der Waals surface area (Å²) >= 11 is 0. The molecule has 0 saturated carbocycles. The maximum Gasteiger partial charge on any atom is 0.387 e. The Bertz CT molecular complexity index is 776. The van der Waals surface area contributed by atoms with E-state index in [1.807, 2.05) is 0 Å². The number of nitrogens with zero attached hydrogens (tertiary/aromatic N) is 1. The van der Waals surface area contributed by atoms with Gasteiger partial charge in [-0.1, -0.05) is 18.2 Å². The van der Waals surface area contributed by atoms with Gasteiger partial charge in [0.1, 0.15) is 5.82 Å². The highest BCUT2D eigenvalue weighted by atomic mass is 127. The van der Waals surface area contributed by atoms with E-state index < -0.39 is 6.61 Å². The van der Waals surface area contributed by atoms with E-state index in [0.29, 0.717) is 25.7 Å². The van der Waals surface area contributed by atoms with Gasteiger partial charge in [-0.25, -0.2) is 4.39 Å². The molecule has 154 valence electrons. The average molecular weight is 509 g/mol. The number of rotatable bonds is 8. The lowest BCUT2D eigenvalue weighted by atomic mass is 10.2. The fourth-order valence-corrected chi connectivity index (χ4v) is 2.36. The lowest BCUT2D eigenvalue weighted by molar-refractivity contribution is -0.0514. The summed E-state index contributed by atoms with van der Waals surface area (Å²) in [6, 6.07) is 11.0. The zero-order chi connectivity index (χ0) is 19.6. The summed E-state index contributed by atoms with van der Waals surface area (Å²) < 4.78 is 47.9. The Labute approximate surface area is 179 Å². The molecule has 0 aliphatic heterocycles. The summed E-state index contributed by atoms with van der Waals surface area (Å²) in [4.78, 5) is 4.10. The van der Waals surface area contributed by atoms with E-state index >= 15 is 0 Å². The van der Waals surface area contributed by atoms with Crippen LogP contribution >= 0.6 is 24.0 Å². The first-order valence-corrected chi connectivity index (χ1v) is 8.41. The normalized spacial score (nSPS) is 11.0. The van der Waals surface area contributed by atoms with Crippen molar-refractivity contribution in [2.75, 3.05) is 13.7 Å². The lowest BCUT2D eigenvalue weighted by Crippen LogP contribution is -2.36. The summed E-state index contributed by atoms with van der Waals surface area (Å²) in [5, 5.41) is 6.18. The van der Waals surface area contributed by atoms with Gasteiger partial charge >= 0.3 is 6.61 Å².